The number of rotatable bonds is 3. The van der Waals surface area contributed by atoms with Crippen molar-refractivity contribution in [3.8, 4) is 0 Å². The molecule has 84 valence electrons. The molecule has 0 bridgehead atoms. The van der Waals surface area contributed by atoms with Gasteiger partial charge in [0, 0.05) is 12.1 Å². The zero-order valence-corrected chi connectivity index (χ0v) is 9.53. The lowest BCUT2D eigenvalue weighted by molar-refractivity contribution is -0.136. The Kier molecular flexibility index (Phi) is 2.83. The van der Waals surface area contributed by atoms with Gasteiger partial charge in [0.2, 0.25) is 0 Å². The molecule has 0 aliphatic carbocycles. The first kappa shape index (κ1) is 11.0. The fourth-order valence-electron chi connectivity index (χ4n) is 1.77. The van der Waals surface area contributed by atoms with Gasteiger partial charge in [0.15, 0.2) is 5.15 Å². The van der Waals surface area contributed by atoms with Crippen LogP contribution in [0, 0.1) is 0 Å². The quantitative estimate of drug-likeness (QED) is 0.892. The summed E-state index contributed by atoms with van der Waals surface area (Å²) in [6, 6.07) is 5.40. The Hall–Kier alpha value is -1.55. The molecular formula is C11H11ClN2O2. The normalized spacial score (nSPS) is 10.9. The summed E-state index contributed by atoms with van der Waals surface area (Å²) in [5.41, 5.74) is 1.46. The summed E-state index contributed by atoms with van der Waals surface area (Å²) in [4.78, 5) is 15.0. The van der Waals surface area contributed by atoms with Crippen LogP contribution in [0.4, 0.5) is 0 Å². The molecule has 0 aliphatic heterocycles. The van der Waals surface area contributed by atoms with Crippen LogP contribution in [-0.4, -0.2) is 20.5 Å². The number of halogens is 1. The summed E-state index contributed by atoms with van der Waals surface area (Å²) in [6.45, 7) is 1.96. The average Bonchev–Trinajstić information content (AvgIpc) is 2.56. The first-order valence-electron chi connectivity index (χ1n) is 5.00. The van der Waals surface area contributed by atoms with E-state index >= 15 is 0 Å². The Labute approximate surface area is 97.5 Å². The van der Waals surface area contributed by atoms with E-state index in [1.165, 1.54) is 0 Å². The number of aliphatic carboxylic acids is 1. The summed E-state index contributed by atoms with van der Waals surface area (Å²) >= 11 is 5.99. The van der Waals surface area contributed by atoms with Gasteiger partial charge in [0.05, 0.1) is 11.9 Å². The maximum atomic E-state index is 10.8. The molecule has 0 saturated heterocycles. The second kappa shape index (κ2) is 4.14. The molecular weight excluding hydrogens is 228 g/mol. The topological polar surface area (TPSA) is 54.6 Å². The van der Waals surface area contributed by atoms with E-state index < -0.39 is 5.97 Å². The van der Waals surface area contributed by atoms with Crippen LogP contribution in [0.3, 0.4) is 0 Å². The maximum Gasteiger partial charge on any atom is 0.309 e. The minimum absolute atomic E-state index is 0.0307. The van der Waals surface area contributed by atoms with Crippen molar-refractivity contribution in [1.82, 2.24) is 9.38 Å². The predicted molar refractivity (Wildman–Crippen MR) is 60.9 cm³/mol. The molecule has 2 rings (SSSR count). The van der Waals surface area contributed by atoms with E-state index in [1.54, 1.807) is 12.1 Å². The van der Waals surface area contributed by atoms with Gasteiger partial charge in [-0.2, -0.15) is 0 Å². The average molecular weight is 239 g/mol. The Morgan fingerprint density at radius 3 is 2.94 bits per heavy atom. The van der Waals surface area contributed by atoms with Crippen molar-refractivity contribution in [2.75, 3.05) is 0 Å². The molecule has 0 unspecified atom stereocenters. The number of carbonyl (C=O) groups is 1. The van der Waals surface area contributed by atoms with E-state index in [4.69, 9.17) is 16.7 Å². The number of fused-ring (bicyclic) bond motifs is 1. The number of imidazole rings is 1. The van der Waals surface area contributed by atoms with Gasteiger partial charge in [-0.1, -0.05) is 24.6 Å². The van der Waals surface area contributed by atoms with E-state index in [2.05, 4.69) is 4.98 Å². The van der Waals surface area contributed by atoms with Gasteiger partial charge in [0.1, 0.15) is 5.82 Å². The number of hydrogen-bond donors (Lipinski definition) is 1. The Balaban J connectivity index is 2.69. The van der Waals surface area contributed by atoms with E-state index in [0.29, 0.717) is 17.3 Å². The molecule has 0 spiro atoms. The molecule has 2 heterocycles. The van der Waals surface area contributed by atoms with Gasteiger partial charge in [-0.25, -0.2) is 4.98 Å². The molecule has 2 aromatic heterocycles. The number of hydrogen-bond acceptors (Lipinski definition) is 2. The molecule has 0 amide bonds. The van der Waals surface area contributed by atoms with Crippen LogP contribution in [-0.2, 0) is 17.6 Å². The monoisotopic (exact) mass is 238 g/mol. The molecule has 0 atom stereocenters. The van der Waals surface area contributed by atoms with Gasteiger partial charge in [-0.3, -0.25) is 9.20 Å². The number of aromatic nitrogens is 2. The SMILES string of the molecule is CCc1nc(Cl)c2cccc(CC(=O)O)n12. The molecule has 4 nitrogen and oxygen atoms in total. The van der Waals surface area contributed by atoms with Crippen LogP contribution >= 0.6 is 11.6 Å². The van der Waals surface area contributed by atoms with Crippen molar-refractivity contribution in [2.24, 2.45) is 0 Å². The Morgan fingerprint density at radius 1 is 1.56 bits per heavy atom. The van der Waals surface area contributed by atoms with Crippen molar-refractivity contribution >= 4 is 23.1 Å². The van der Waals surface area contributed by atoms with E-state index in [-0.39, 0.29) is 6.42 Å². The zero-order valence-electron chi connectivity index (χ0n) is 8.77. The largest absolute Gasteiger partial charge is 0.481 e. The molecule has 0 aromatic carbocycles. The number of carboxylic acid groups (broad SMARTS) is 1. The third-order valence-electron chi connectivity index (χ3n) is 2.42. The lowest BCUT2D eigenvalue weighted by Crippen LogP contribution is -2.07. The summed E-state index contributed by atoms with van der Waals surface area (Å²) in [6.07, 6.45) is 0.682. The third-order valence-corrected chi connectivity index (χ3v) is 2.69. The molecule has 0 aliphatic rings. The molecule has 0 saturated carbocycles. The van der Waals surface area contributed by atoms with E-state index in [0.717, 1.165) is 11.3 Å². The molecule has 0 radical (unpaired) electrons. The lowest BCUT2D eigenvalue weighted by Gasteiger charge is -2.05. The minimum atomic E-state index is -0.862. The molecule has 1 N–H and O–H groups in total. The zero-order chi connectivity index (χ0) is 11.7. The van der Waals surface area contributed by atoms with Crippen molar-refractivity contribution < 1.29 is 9.90 Å². The standard InChI is InChI=1S/C11H11ClN2O2/c1-2-9-13-11(12)8-5-3-4-7(14(8)9)6-10(15)16/h3-5H,2,6H2,1H3,(H,15,16). The number of aryl methyl sites for hydroxylation is 1. The van der Waals surface area contributed by atoms with Crippen LogP contribution in [0.2, 0.25) is 5.15 Å². The number of nitrogens with zero attached hydrogens (tertiary/aromatic N) is 2. The Morgan fingerprint density at radius 2 is 2.31 bits per heavy atom. The fraction of sp³-hybridized carbons (Fsp3) is 0.273. The van der Waals surface area contributed by atoms with Crippen LogP contribution in [0.25, 0.3) is 5.52 Å². The van der Waals surface area contributed by atoms with Gasteiger partial charge in [0.25, 0.3) is 0 Å². The predicted octanol–water partition coefficient (Wildman–Crippen LogP) is 2.18. The first-order valence-corrected chi connectivity index (χ1v) is 5.37. The van der Waals surface area contributed by atoms with Gasteiger partial charge < -0.3 is 5.11 Å². The highest BCUT2D eigenvalue weighted by Crippen LogP contribution is 2.20. The third kappa shape index (κ3) is 1.76. The van der Waals surface area contributed by atoms with Crippen LogP contribution in [0.5, 0.6) is 0 Å². The fourth-order valence-corrected chi connectivity index (χ4v) is 2.02. The van der Waals surface area contributed by atoms with E-state index in [9.17, 15) is 4.79 Å². The number of pyridine rings is 1. The van der Waals surface area contributed by atoms with Crippen LogP contribution < -0.4 is 0 Å². The van der Waals surface area contributed by atoms with Gasteiger partial charge >= 0.3 is 5.97 Å². The summed E-state index contributed by atoms with van der Waals surface area (Å²) in [7, 11) is 0. The first-order chi connectivity index (χ1) is 7.63. The Bertz CT molecular complexity index is 548. The smallest absolute Gasteiger partial charge is 0.309 e. The summed E-state index contributed by atoms with van der Waals surface area (Å²) in [5.74, 6) is -0.0729. The van der Waals surface area contributed by atoms with Crippen molar-refractivity contribution in [3.05, 3.63) is 34.9 Å². The maximum absolute atomic E-state index is 10.8. The lowest BCUT2D eigenvalue weighted by atomic mass is 10.2. The highest BCUT2D eigenvalue weighted by Gasteiger charge is 2.12. The minimum Gasteiger partial charge on any atom is -0.481 e. The van der Waals surface area contributed by atoms with Gasteiger partial charge in [-0.15, -0.1) is 0 Å². The molecule has 16 heavy (non-hydrogen) atoms. The number of carboxylic acids is 1. The van der Waals surface area contributed by atoms with Crippen molar-refractivity contribution in [3.63, 3.8) is 0 Å². The van der Waals surface area contributed by atoms with E-state index in [1.807, 2.05) is 17.4 Å². The van der Waals surface area contributed by atoms with Gasteiger partial charge in [-0.05, 0) is 12.1 Å². The molecule has 2 aromatic rings. The molecule has 5 heteroatoms. The van der Waals surface area contributed by atoms with Crippen molar-refractivity contribution in [1.29, 1.82) is 0 Å². The highest BCUT2D eigenvalue weighted by atomic mass is 35.5. The summed E-state index contributed by atoms with van der Waals surface area (Å²) < 4.78 is 1.82. The second-order valence-corrected chi connectivity index (χ2v) is 3.84. The second-order valence-electron chi connectivity index (χ2n) is 3.48. The van der Waals surface area contributed by atoms with Crippen molar-refractivity contribution in [2.45, 2.75) is 19.8 Å². The highest BCUT2D eigenvalue weighted by molar-refractivity contribution is 6.32. The van der Waals surface area contributed by atoms with Crippen LogP contribution in [0.1, 0.15) is 18.4 Å². The molecule has 0 fully saturated rings. The summed E-state index contributed by atoms with van der Waals surface area (Å²) in [5, 5.41) is 9.25. The van der Waals surface area contributed by atoms with Crippen LogP contribution in [0.15, 0.2) is 18.2 Å².